The van der Waals surface area contributed by atoms with E-state index in [2.05, 4.69) is 4.98 Å². The van der Waals surface area contributed by atoms with Crippen LogP contribution in [0.2, 0.25) is 5.15 Å². The molecule has 1 aliphatic rings. The van der Waals surface area contributed by atoms with Crippen LogP contribution in [-0.4, -0.2) is 9.55 Å². The molecule has 1 unspecified atom stereocenters. The molecular formula is C10H12ClFN2O2. The second kappa shape index (κ2) is 4.05. The van der Waals surface area contributed by atoms with Crippen molar-refractivity contribution in [2.45, 2.75) is 32.2 Å². The van der Waals surface area contributed by atoms with Crippen molar-refractivity contribution >= 4 is 11.6 Å². The van der Waals surface area contributed by atoms with Gasteiger partial charge in [-0.1, -0.05) is 24.4 Å². The highest BCUT2D eigenvalue weighted by molar-refractivity contribution is 6.29. The van der Waals surface area contributed by atoms with Crippen molar-refractivity contribution in [1.29, 1.82) is 0 Å². The van der Waals surface area contributed by atoms with Crippen molar-refractivity contribution in [2.75, 3.05) is 0 Å². The predicted octanol–water partition coefficient (Wildman–Crippen LogP) is 1.69. The van der Waals surface area contributed by atoms with Crippen molar-refractivity contribution in [2.24, 2.45) is 5.92 Å². The zero-order valence-electron chi connectivity index (χ0n) is 8.80. The van der Waals surface area contributed by atoms with Crippen molar-refractivity contribution in [1.82, 2.24) is 9.55 Å². The number of hydrogen-bond acceptors (Lipinski definition) is 2. The lowest BCUT2D eigenvalue weighted by atomic mass is 10.1. The molecule has 1 fully saturated rings. The third-order valence-electron chi connectivity index (χ3n) is 2.85. The zero-order valence-corrected chi connectivity index (χ0v) is 9.55. The molecule has 0 bridgehead atoms. The maximum atomic E-state index is 13.2. The summed E-state index contributed by atoms with van der Waals surface area (Å²) in [5.41, 5.74) is -1.59. The number of hydrogen-bond donors (Lipinski definition) is 1. The van der Waals surface area contributed by atoms with E-state index in [1.54, 1.807) is 6.92 Å². The molecule has 6 heteroatoms. The summed E-state index contributed by atoms with van der Waals surface area (Å²) in [6, 6.07) is -0.296. The Morgan fingerprint density at radius 3 is 2.75 bits per heavy atom. The Balaban J connectivity index is 2.42. The van der Waals surface area contributed by atoms with E-state index in [0.717, 1.165) is 23.8 Å². The largest absolute Gasteiger partial charge is 0.329 e. The van der Waals surface area contributed by atoms with Gasteiger partial charge in [0.05, 0.1) is 0 Å². The van der Waals surface area contributed by atoms with Gasteiger partial charge in [-0.15, -0.1) is 0 Å². The molecule has 1 heterocycles. The quantitative estimate of drug-likeness (QED) is 0.826. The molecule has 0 aliphatic heterocycles. The molecule has 2 rings (SSSR count). The maximum absolute atomic E-state index is 13.2. The SMILES string of the molecule is CC(CC1CC1)n1c(=O)[nH]c(Cl)c(F)c1=O. The molecule has 88 valence electrons. The normalized spacial score (nSPS) is 17.4. The Labute approximate surface area is 96.1 Å². The molecule has 1 aliphatic carbocycles. The van der Waals surface area contributed by atoms with Crippen LogP contribution in [0.4, 0.5) is 4.39 Å². The lowest BCUT2D eigenvalue weighted by molar-refractivity contribution is 0.427. The first-order chi connectivity index (χ1) is 7.50. The Hall–Kier alpha value is -1.10. The van der Waals surface area contributed by atoms with Crippen LogP contribution in [0.25, 0.3) is 0 Å². The molecule has 4 nitrogen and oxygen atoms in total. The number of aromatic amines is 1. The number of halogens is 2. The van der Waals surface area contributed by atoms with Gasteiger partial charge >= 0.3 is 5.69 Å². The zero-order chi connectivity index (χ0) is 11.9. The predicted molar refractivity (Wildman–Crippen MR) is 58.3 cm³/mol. The Bertz CT molecular complexity index is 519. The minimum atomic E-state index is -1.09. The van der Waals surface area contributed by atoms with Crippen LogP contribution in [0, 0.1) is 11.7 Å². The fourth-order valence-corrected chi connectivity index (χ4v) is 2.00. The van der Waals surface area contributed by atoms with Gasteiger partial charge in [0.25, 0.3) is 5.56 Å². The second-order valence-corrected chi connectivity index (χ2v) is 4.64. The van der Waals surface area contributed by atoms with E-state index in [9.17, 15) is 14.0 Å². The van der Waals surface area contributed by atoms with Gasteiger partial charge in [0, 0.05) is 6.04 Å². The van der Waals surface area contributed by atoms with E-state index < -0.39 is 22.2 Å². The summed E-state index contributed by atoms with van der Waals surface area (Å²) >= 11 is 5.37. The molecule has 16 heavy (non-hydrogen) atoms. The number of nitrogens with zero attached hydrogens (tertiary/aromatic N) is 1. The molecule has 1 saturated carbocycles. The Kier molecular flexibility index (Phi) is 2.88. The molecule has 0 saturated heterocycles. The summed E-state index contributed by atoms with van der Waals surface area (Å²) in [4.78, 5) is 25.2. The summed E-state index contributed by atoms with van der Waals surface area (Å²) in [6.45, 7) is 1.74. The van der Waals surface area contributed by atoms with E-state index in [-0.39, 0.29) is 6.04 Å². The first kappa shape index (κ1) is 11.4. The third kappa shape index (κ3) is 2.04. The minimum Gasteiger partial charge on any atom is -0.295 e. The van der Waals surface area contributed by atoms with Crippen LogP contribution in [0.5, 0.6) is 0 Å². The van der Waals surface area contributed by atoms with Gasteiger partial charge in [0.1, 0.15) is 0 Å². The first-order valence-electron chi connectivity index (χ1n) is 5.20. The monoisotopic (exact) mass is 246 g/mol. The van der Waals surface area contributed by atoms with Gasteiger partial charge in [-0.05, 0) is 19.3 Å². The average molecular weight is 247 g/mol. The van der Waals surface area contributed by atoms with E-state index >= 15 is 0 Å². The standard InChI is InChI=1S/C10H12ClFN2O2/c1-5(4-6-2-3-6)14-9(15)7(12)8(11)13-10(14)16/h5-6H,2-4H2,1H3,(H,13,16). The minimum absolute atomic E-state index is 0.296. The lowest BCUT2D eigenvalue weighted by Gasteiger charge is -2.13. The van der Waals surface area contributed by atoms with E-state index in [1.807, 2.05) is 0 Å². The van der Waals surface area contributed by atoms with Gasteiger partial charge < -0.3 is 0 Å². The highest BCUT2D eigenvalue weighted by atomic mass is 35.5. The van der Waals surface area contributed by atoms with E-state index in [4.69, 9.17) is 11.6 Å². The summed E-state index contributed by atoms with van der Waals surface area (Å²) < 4.78 is 14.2. The summed E-state index contributed by atoms with van der Waals surface area (Å²) in [7, 11) is 0. The van der Waals surface area contributed by atoms with Crippen LogP contribution in [0.15, 0.2) is 9.59 Å². The molecule has 1 atom stereocenters. The molecule has 0 spiro atoms. The lowest BCUT2D eigenvalue weighted by Crippen LogP contribution is -2.39. The van der Waals surface area contributed by atoms with Gasteiger partial charge in [-0.25, -0.2) is 4.79 Å². The summed E-state index contributed by atoms with van der Waals surface area (Å²) in [5.74, 6) is -0.538. The smallest absolute Gasteiger partial charge is 0.295 e. The first-order valence-corrected chi connectivity index (χ1v) is 5.58. The molecule has 1 aromatic rings. The summed E-state index contributed by atoms with van der Waals surface area (Å²) in [5, 5.41) is -0.523. The fraction of sp³-hybridized carbons (Fsp3) is 0.600. The van der Waals surface area contributed by atoms with Gasteiger partial charge in [-0.2, -0.15) is 4.39 Å². The van der Waals surface area contributed by atoms with Crippen LogP contribution in [-0.2, 0) is 0 Å². The van der Waals surface area contributed by atoms with Crippen LogP contribution < -0.4 is 11.2 Å². The number of aromatic nitrogens is 2. The summed E-state index contributed by atoms with van der Waals surface area (Å²) in [6.07, 6.45) is 2.96. The van der Waals surface area contributed by atoms with Crippen molar-refractivity contribution in [3.63, 3.8) is 0 Å². The fourth-order valence-electron chi connectivity index (χ4n) is 1.84. The van der Waals surface area contributed by atoms with E-state index in [1.165, 1.54) is 0 Å². The Morgan fingerprint density at radius 2 is 2.19 bits per heavy atom. The molecule has 0 aromatic carbocycles. The van der Waals surface area contributed by atoms with Crippen molar-refractivity contribution in [3.05, 3.63) is 31.8 Å². The molecule has 0 radical (unpaired) electrons. The van der Waals surface area contributed by atoms with Crippen molar-refractivity contribution < 1.29 is 4.39 Å². The molecule has 1 N–H and O–H groups in total. The van der Waals surface area contributed by atoms with Crippen molar-refractivity contribution in [3.8, 4) is 0 Å². The van der Waals surface area contributed by atoms with Gasteiger partial charge in [0.15, 0.2) is 5.15 Å². The molecule has 1 aromatic heterocycles. The average Bonchev–Trinajstić information content (AvgIpc) is 2.98. The van der Waals surface area contributed by atoms with E-state index in [0.29, 0.717) is 5.92 Å². The third-order valence-corrected chi connectivity index (χ3v) is 3.11. The number of H-pyrrole nitrogens is 1. The molecular weight excluding hydrogens is 235 g/mol. The van der Waals surface area contributed by atoms with Gasteiger partial charge in [-0.3, -0.25) is 14.3 Å². The number of nitrogens with one attached hydrogen (secondary N) is 1. The topological polar surface area (TPSA) is 54.9 Å². The number of rotatable bonds is 3. The van der Waals surface area contributed by atoms with Crippen LogP contribution >= 0.6 is 11.6 Å². The molecule has 0 amide bonds. The van der Waals surface area contributed by atoms with Gasteiger partial charge in [0.2, 0.25) is 5.82 Å². The second-order valence-electron chi connectivity index (χ2n) is 4.26. The highest BCUT2D eigenvalue weighted by Crippen LogP contribution is 2.35. The highest BCUT2D eigenvalue weighted by Gasteiger charge is 2.26. The van der Waals surface area contributed by atoms with Crippen LogP contribution in [0.3, 0.4) is 0 Å². The van der Waals surface area contributed by atoms with Crippen LogP contribution in [0.1, 0.15) is 32.2 Å². The Morgan fingerprint density at radius 1 is 1.56 bits per heavy atom. The maximum Gasteiger partial charge on any atom is 0.329 e.